The lowest BCUT2D eigenvalue weighted by Crippen LogP contribution is -2.40. The van der Waals surface area contributed by atoms with E-state index in [2.05, 4.69) is 39.0 Å². The zero-order valence-corrected chi connectivity index (χ0v) is 13.8. The van der Waals surface area contributed by atoms with Gasteiger partial charge in [0.15, 0.2) is 0 Å². The third kappa shape index (κ3) is 3.94. The lowest BCUT2D eigenvalue weighted by atomic mass is 9.79. The number of hydrogen-bond donors (Lipinski definition) is 1. The van der Waals surface area contributed by atoms with Gasteiger partial charge >= 0.3 is 0 Å². The number of para-hydroxylation sites is 1. The molecular formula is C19H29NO. The summed E-state index contributed by atoms with van der Waals surface area (Å²) in [5.41, 5.74) is 3.80. The molecule has 0 atom stereocenters. The fourth-order valence-electron chi connectivity index (χ4n) is 3.28. The number of rotatable bonds is 5. The van der Waals surface area contributed by atoms with Gasteiger partial charge in [-0.25, -0.2) is 0 Å². The van der Waals surface area contributed by atoms with Crippen LogP contribution in [0.15, 0.2) is 23.2 Å². The molecule has 1 aromatic rings. The lowest BCUT2D eigenvalue weighted by molar-refractivity contribution is 0.0688. The topological polar surface area (TPSA) is 32.6 Å². The highest BCUT2D eigenvalue weighted by atomic mass is 16.3. The van der Waals surface area contributed by atoms with Crippen molar-refractivity contribution in [2.24, 2.45) is 4.99 Å². The van der Waals surface area contributed by atoms with E-state index in [1.165, 1.54) is 17.5 Å². The Morgan fingerprint density at radius 1 is 1.14 bits per heavy atom. The summed E-state index contributed by atoms with van der Waals surface area (Å²) in [5.74, 6) is 0. The second-order valence-corrected chi connectivity index (χ2v) is 6.49. The van der Waals surface area contributed by atoms with Crippen LogP contribution < -0.4 is 0 Å². The largest absolute Gasteiger partial charge is 0.384 e. The molecule has 0 radical (unpaired) electrons. The molecule has 2 rings (SSSR count). The molecule has 0 saturated heterocycles. The van der Waals surface area contributed by atoms with Crippen molar-refractivity contribution in [3.8, 4) is 0 Å². The molecule has 0 unspecified atom stereocenters. The zero-order chi connectivity index (χ0) is 15.3. The van der Waals surface area contributed by atoms with Crippen molar-refractivity contribution in [3.05, 3.63) is 29.3 Å². The minimum atomic E-state index is -0.665. The molecule has 0 aliphatic heterocycles. The number of aliphatic imine (C=N–C) groups is 1. The second kappa shape index (κ2) is 7.22. The predicted molar refractivity (Wildman–Crippen MR) is 90.6 cm³/mol. The third-order valence-electron chi connectivity index (χ3n) is 4.67. The molecule has 116 valence electrons. The van der Waals surface area contributed by atoms with E-state index in [1.54, 1.807) is 0 Å². The Morgan fingerprint density at radius 2 is 1.76 bits per heavy atom. The molecule has 1 aliphatic carbocycles. The summed E-state index contributed by atoms with van der Waals surface area (Å²) in [7, 11) is 0. The smallest absolute Gasteiger partial charge is 0.103 e. The van der Waals surface area contributed by atoms with Gasteiger partial charge in [0.2, 0.25) is 0 Å². The van der Waals surface area contributed by atoms with Crippen LogP contribution >= 0.6 is 0 Å². The van der Waals surface area contributed by atoms with Gasteiger partial charge in [-0.2, -0.15) is 0 Å². The van der Waals surface area contributed by atoms with Gasteiger partial charge in [0, 0.05) is 0 Å². The first-order chi connectivity index (χ1) is 10.1. The standard InChI is InChI=1S/C19H29NO/c1-4-5-12-17(19(21)13-7-6-8-14-19)20-18-15(2)10-9-11-16(18)3/h9-11,21H,4-8,12-14H2,1-3H3. The minimum Gasteiger partial charge on any atom is -0.384 e. The molecule has 1 saturated carbocycles. The van der Waals surface area contributed by atoms with Crippen LogP contribution in [0.2, 0.25) is 0 Å². The lowest BCUT2D eigenvalue weighted by Gasteiger charge is -2.33. The number of nitrogens with zero attached hydrogens (tertiary/aromatic N) is 1. The molecule has 21 heavy (non-hydrogen) atoms. The van der Waals surface area contributed by atoms with E-state index in [4.69, 9.17) is 4.99 Å². The van der Waals surface area contributed by atoms with Crippen LogP contribution in [0.1, 0.15) is 69.4 Å². The van der Waals surface area contributed by atoms with E-state index in [0.29, 0.717) is 0 Å². The molecule has 2 heteroatoms. The number of hydrogen-bond acceptors (Lipinski definition) is 2. The first kappa shape index (κ1) is 16.2. The van der Waals surface area contributed by atoms with E-state index >= 15 is 0 Å². The summed E-state index contributed by atoms with van der Waals surface area (Å²) in [5, 5.41) is 11.1. The second-order valence-electron chi connectivity index (χ2n) is 6.49. The van der Waals surface area contributed by atoms with E-state index in [-0.39, 0.29) is 0 Å². The first-order valence-electron chi connectivity index (χ1n) is 8.43. The Balaban J connectivity index is 2.37. The molecule has 0 bridgehead atoms. The van der Waals surface area contributed by atoms with E-state index in [0.717, 1.165) is 56.3 Å². The normalized spacial score (nSPS) is 18.8. The summed E-state index contributed by atoms with van der Waals surface area (Å²) < 4.78 is 0. The number of benzene rings is 1. The van der Waals surface area contributed by atoms with Crippen LogP contribution in [-0.4, -0.2) is 16.4 Å². The quantitative estimate of drug-likeness (QED) is 0.736. The fraction of sp³-hybridized carbons (Fsp3) is 0.632. The Bertz CT molecular complexity index is 478. The summed E-state index contributed by atoms with van der Waals surface area (Å²) in [4.78, 5) is 4.96. The van der Waals surface area contributed by atoms with Crippen LogP contribution in [0.25, 0.3) is 0 Å². The van der Waals surface area contributed by atoms with Crippen molar-refractivity contribution >= 4 is 11.4 Å². The number of aryl methyl sites for hydroxylation is 2. The molecule has 2 nitrogen and oxygen atoms in total. The van der Waals surface area contributed by atoms with Gasteiger partial charge in [-0.1, -0.05) is 50.8 Å². The van der Waals surface area contributed by atoms with Crippen LogP contribution in [0.5, 0.6) is 0 Å². The Labute approximate surface area is 129 Å². The van der Waals surface area contributed by atoms with E-state index in [9.17, 15) is 5.11 Å². The van der Waals surface area contributed by atoms with E-state index < -0.39 is 5.60 Å². The van der Waals surface area contributed by atoms with Crippen molar-refractivity contribution in [2.75, 3.05) is 0 Å². The highest BCUT2D eigenvalue weighted by molar-refractivity contribution is 5.94. The van der Waals surface area contributed by atoms with Crippen molar-refractivity contribution < 1.29 is 5.11 Å². The number of unbranched alkanes of at least 4 members (excludes halogenated alkanes) is 1. The summed E-state index contributed by atoms with van der Waals surface area (Å²) >= 11 is 0. The van der Waals surface area contributed by atoms with Crippen LogP contribution in [-0.2, 0) is 0 Å². The average Bonchev–Trinajstić information content (AvgIpc) is 2.46. The number of aliphatic hydroxyl groups is 1. The summed E-state index contributed by atoms with van der Waals surface area (Å²) in [6.45, 7) is 6.41. The zero-order valence-electron chi connectivity index (χ0n) is 13.8. The van der Waals surface area contributed by atoms with Gasteiger partial charge in [0.1, 0.15) is 5.60 Å². The van der Waals surface area contributed by atoms with Crippen LogP contribution in [0, 0.1) is 13.8 Å². The maximum absolute atomic E-state index is 11.1. The Morgan fingerprint density at radius 3 is 2.33 bits per heavy atom. The van der Waals surface area contributed by atoms with Crippen LogP contribution in [0.4, 0.5) is 5.69 Å². The predicted octanol–water partition coefficient (Wildman–Crippen LogP) is 5.26. The molecule has 0 heterocycles. The molecule has 1 fully saturated rings. The SMILES string of the molecule is CCCCC(=Nc1c(C)cccc1C)C1(O)CCCCC1. The maximum atomic E-state index is 11.1. The van der Waals surface area contributed by atoms with E-state index in [1.807, 2.05) is 0 Å². The molecule has 1 aromatic carbocycles. The van der Waals surface area contributed by atoms with Gasteiger partial charge in [-0.05, 0) is 50.7 Å². The average molecular weight is 287 g/mol. The van der Waals surface area contributed by atoms with Crippen molar-refractivity contribution in [1.82, 2.24) is 0 Å². The highest BCUT2D eigenvalue weighted by Crippen LogP contribution is 2.33. The van der Waals surface area contributed by atoms with Crippen molar-refractivity contribution in [3.63, 3.8) is 0 Å². The summed E-state index contributed by atoms with van der Waals surface area (Å²) in [6.07, 6.45) is 8.39. The maximum Gasteiger partial charge on any atom is 0.103 e. The van der Waals surface area contributed by atoms with Gasteiger partial charge in [-0.3, -0.25) is 4.99 Å². The Kier molecular flexibility index (Phi) is 5.58. The van der Waals surface area contributed by atoms with Gasteiger partial charge in [0.05, 0.1) is 11.4 Å². The molecule has 0 amide bonds. The van der Waals surface area contributed by atoms with Crippen molar-refractivity contribution in [1.29, 1.82) is 0 Å². The summed E-state index contributed by atoms with van der Waals surface area (Å²) in [6, 6.07) is 6.28. The molecule has 0 spiro atoms. The minimum absolute atomic E-state index is 0.665. The first-order valence-corrected chi connectivity index (χ1v) is 8.43. The van der Waals surface area contributed by atoms with Crippen molar-refractivity contribution in [2.45, 2.75) is 77.7 Å². The highest BCUT2D eigenvalue weighted by Gasteiger charge is 2.34. The molecule has 1 N–H and O–H groups in total. The van der Waals surface area contributed by atoms with Gasteiger partial charge < -0.3 is 5.11 Å². The van der Waals surface area contributed by atoms with Gasteiger partial charge in [-0.15, -0.1) is 0 Å². The third-order valence-corrected chi connectivity index (χ3v) is 4.67. The molecule has 0 aromatic heterocycles. The van der Waals surface area contributed by atoms with Crippen LogP contribution in [0.3, 0.4) is 0 Å². The molecule has 1 aliphatic rings. The van der Waals surface area contributed by atoms with Gasteiger partial charge in [0.25, 0.3) is 0 Å². The fourth-order valence-corrected chi connectivity index (χ4v) is 3.28. The Hall–Kier alpha value is -1.15. The molecular weight excluding hydrogens is 258 g/mol. The monoisotopic (exact) mass is 287 g/mol.